The molecule has 0 radical (unpaired) electrons. The minimum Gasteiger partial charge on any atom is -0.493 e. The number of aromatic nitrogens is 3. The number of aryl methyl sites for hydroxylation is 1. The Hall–Kier alpha value is -3.82. The molecule has 4 aromatic rings. The lowest BCUT2D eigenvalue weighted by atomic mass is 10.1. The number of fused-ring (bicyclic) bond motifs is 1. The Morgan fingerprint density at radius 2 is 1.91 bits per heavy atom. The van der Waals surface area contributed by atoms with E-state index in [1.165, 1.54) is 23.2 Å². The number of carboxylic acid groups (broad SMARTS) is 1. The third kappa shape index (κ3) is 4.58. The molecule has 0 saturated carbocycles. The minimum absolute atomic E-state index is 0.150. The van der Waals surface area contributed by atoms with Crippen LogP contribution in [0.15, 0.2) is 53.1 Å². The summed E-state index contributed by atoms with van der Waals surface area (Å²) in [5.74, 6) is -0.399. The Kier molecular flexibility index (Phi) is 5.60. The van der Waals surface area contributed by atoms with Gasteiger partial charge < -0.3 is 14.3 Å². The number of carbonyl (C=O) groups is 1. The number of benzene rings is 2. The maximum atomic E-state index is 12.7. The first-order valence-electron chi connectivity index (χ1n) is 9.66. The first kappa shape index (κ1) is 21.4. The van der Waals surface area contributed by atoms with Crippen molar-refractivity contribution in [3.63, 3.8) is 0 Å². The predicted octanol–water partition coefficient (Wildman–Crippen LogP) is 4.59. The van der Waals surface area contributed by atoms with Crippen molar-refractivity contribution in [2.45, 2.75) is 25.9 Å². The molecule has 0 spiro atoms. The number of alkyl halides is 3. The van der Waals surface area contributed by atoms with E-state index in [-0.39, 0.29) is 13.0 Å². The molecule has 0 fully saturated rings. The van der Waals surface area contributed by atoms with E-state index in [1.807, 2.05) is 0 Å². The van der Waals surface area contributed by atoms with Gasteiger partial charge in [-0.05, 0) is 49.4 Å². The number of halogens is 3. The largest absolute Gasteiger partial charge is 0.493 e. The minimum atomic E-state index is -4.40. The number of furan rings is 1. The van der Waals surface area contributed by atoms with E-state index in [0.29, 0.717) is 45.8 Å². The Balaban J connectivity index is 1.42. The van der Waals surface area contributed by atoms with Gasteiger partial charge in [0.1, 0.15) is 11.3 Å². The summed E-state index contributed by atoms with van der Waals surface area (Å²) in [5, 5.41) is 18.3. The second-order valence-corrected chi connectivity index (χ2v) is 7.15. The van der Waals surface area contributed by atoms with Crippen LogP contribution in [-0.2, 0) is 23.8 Å². The van der Waals surface area contributed by atoms with Crippen LogP contribution in [0.2, 0.25) is 0 Å². The third-order valence-corrected chi connectivity index (χ3v) is 4.88. The average molecular weight is 445 g/mol. The molecule has 7 nitrogen and oxygen atoms in total. The summed E-state index contributed by atoms with van der Waals surface area (Å²) in [5.41, 5.74) is 2.12. The van der Waals surface area contributed by atoms with Crippen LogP contribution >= 0.6 is 0 Å². The lowest BCUT2D eigenvalue weighted by Gasteiger charge is -2.07. The fraction of sp³-hybridized carbons (Fsp3) is 0.227. The lowest BCUT2D eigenvalue weighted by molar-refractivity contribution is -0.138. The number of ether oxygens (including phenoxy) is 1. The van der Waals surface area contributed by atoms with Gasteiger partial charge in [0.2, 0.25) is 0 Å². The summed E-state index contributed by atoms with van der Waals surface area (Å²) in [7, 11) is 0. The van der Waals surface area contributed by atoms with Gasteiger partial charge >= 0.3 is 12.1 Å². The van der Waals surface area contributed by atoms with Gasteiger partial charge in [-0.2, -0.15) is 28.2 Å². The second-order valence-electron chi connectivity index (χ2n) is 7.15. The highest BCUT2D eigenvalue weighted by Gasteiger charge is 2.30. The number of rotatable bonds is 7. The van der Waals surface area contributed by atoms with Crippen molar-refractivity contribution in [2.75, 3.05) is 6.61 Å². The standard InChI is InChI=1S/C22H18F3N3O4/c1-13-19(27-28(26-13)16-4-2-15(3-5-16)22(23,24)25)8-9-31-17-6-7-20-18(11-17)14(12-32-20)10-21(29)30/h2-7,11-12H,8-10H2,1H3,(H,29,30). The fourth-order valence-corrected chi connectivity index (χ4v) is 3.26. The zero-order valence-electron chi connectivity index (χ0n) is 16.9. The molecule has 1 N–H and O–H groups in total. The Morgan fingerprint density at radius 1 is 1.16 bits per heavy atom. The summed E-state index contributed by atoms with van der Waals surface area (Å²) in [6.45, 7) is 2.04. The maximum Gasteiger partial charge on any atom is 0.416 e. The smallest absolute Gasteiger partial charge is 0.416 e. The Bertz CT molecular complexity index is 1260. The molecule has 32 heavy (non-hydrogen) atoms. The monoisotopic (exact) mass is 445 g/mol. The molecule has 0 unspecified atom stereocenters. The van der Waals surface area contributed by atoms with Crippen LogP contribution in [0.5, 0.6) is 5.75 Å². The SMILES string of the molecule is Cc1nn(-c2ccc(C(F)(F)F)cc2)nc1CCOc1ccc2occ(CC(=O)O)c2c1. The summed E-state index contributed by atoms with van der Waals surface area (Å²) >= 11 is 0. The average Bonchev–Trinajstić information content (AvgIpc) is 3.30. The van der Waals surface area contributed by atoms with Crippen LogP contribution in [0.1, 0.15) is 22.5 Å². The van der Waals surface area contributed by atoms with Crippen LogP contribution in [0.25, 0.3) is 16.7 Å². The molecule has 0 aliphatic rings. The van der Waals surface area contributed by atoms with Crippen molar-refractivity contribution in [1.29, 1.82) is 0 Å². The van der Waals surface area contributed by atoms with Crippen LogP contribution in [0.3, 0.4) is 0 Å². The van der Waals surface area contributed by atoms with Crippen molar-refractivity contribution in [3.8, 4) is 11.4 Å². The zero-order chi connectivity index (χ0) is 22.9. The second kappa shape index (κ2) is 8.37. The number of nitrogens with zero attached hydrogens (tertiary/aromatic N) is 3. The van der Waals surface area contributed by atoms with Gasteiger partial charge in [0, 0.05) is 17.4 Å². The van der Waals surface area contributed by atoms with Crippen molar-refractivity contribution >= 4 is 16.9 Å². The molecule has 0 bridgehead atoms. The molecule has 10 heteroatoms. The van der Waals surface area contributed by atoms with Crippen molar-refractivity contribution in [3.05, 3.63) is 71.2 Å². The number of hydrogen-bond donors (Lipinski definition) is 1. The van der Waals surface area contributed by atoms with E-state index in [9.17, 15) is 18.0 Å². The number of carboxylic acids is 1. The molecular weight excluding hydrogens is 427 g/mol. The fourth-order valence-electron chi connectivity index (χ4n) is 3.26. The van der Waals surface area contributed by atoms with Crippen molar-refractivity contribution in [1.82, 2.24) is 15.0 Å². The number of aliphatic carboxylic acids is 1. The summed E-state index contributed by atoms with van der Waals surface area (Å²) in [6.07, 6.45) is -2.70. The Labute approximate surface area is 180 Å². The molecule has 2 aromatic heterocycles. The molecule has 166 valence electrons. The highest BCUT2D eigenvalue weighted by molar-refractivity contribution is 5.86. The topological polar surface area (TPSA) is 90.4 Å². The third-order valence-electron chi connectivity index (χ3n) is 4.88. The Morgan fingerprint density at radius 3 is 2.59 bits per heavy atom. The highest BCUT2D eigenvalue weighted by atomic mass is 19.4. The van der Waals surface area contributed by atoms with E-state index >= 15 is 0 Å². The highest BCUT2D eigenvalue weighted by Crippen LogP contribution is 2.29. The van der Waals surface area contributed by atoms with Gasteiger partial charge in [0.25, 0.3) is 0 Å². The first-order chi connectivity index (χ1) is 15.2. The normalized spacial score (nSPS) is 11.8. The van der Waals surface area contributed by atoms with E-state index in [0.717, 1.165) is 12.1 Å². The quantitative estimate of drug-likeness (QED) is 0.448. The van der Waals surface area contributed by atoms with Crippen LogP contribution < -0.4 is 4.74 Å². The zero-order valence-corrected chi connectivity index (χ0v) is 16.9. The molecule has 2 aromatic carbocycles. The van der Waals surface area contributed by atoms with Gasteiger partial charge in [-0.25, -0.2) is 0 Å². The summed E-state index contributed by atoms with van der Waals surface area (Å²) in [4.78, 5) is 12.3. The van der Waals surface area contributed by atoms with E-state index < -0.39 is 17.7 Å². The van der Waals surface area contributed by atoms with Crippen molar-refractivity contribution in [2.24, 2.45) is 0 Å². The molecule has 4 rings (SSSR count). The molecular formula is C22H18F3N3O4. The van der Waals surface area contributed by atoms with Gasteiger partial charge in [-0.15, -0.1) is 0 Å². The molecule has 0 aliphatic carbocycles. The summed E-state index contributed by atoms with van der Waals surface area (Å²) in [6, 6.07) is 9.77. The van der Waals surface area contributed by atoms with E-state index in [1.54, 1.807) is 25.1 Å². The molecule has 2 heterocycles. The summed E-state index contributed by atoms with van der Waals surface area (Å²) < 4.78 is 49.3. The molecule has 0 aliphatic heterocycles. The molecule has 0 saturated heterocycles. The van der Waals surface area contributed by atoms with Crippen LogP contribution in [0.4, 0.5) is 13.2 Å². The van der Waals surface area contributed by atoms with Crippen molar-refractivity contribution < 1.29 is 32.2 Å². The maximum absolute atomic E-state index is 12.7. The van der Waals surface area contributed by atoms with E-state index in [2.05, 4.69) is 10.2 Å². The number of hydrogen-bond acceptors (Lipinski definition) is 5. The molecule has 0 atom stereocenters. The lowest BCUT2D eigenvalue weighted by Crippen LogP contribution is -2.06. The van der Waals surface area contributed by atoms with Gasteiger partial charge in [-0.3, -0.25) is 4.79 Å². The van der Waals surface area contributed by atoms with Crippen LogP contribution in [0, 0.1) is 6.92 Å². The van der Waals surface area contributed by atoms with Gasteiger partial charge in [0.05, 0.1) is 41.9 Å². The predicted molar refractivity (Wildman–Crippen MR) is 108 cm³/mol. The van der Waals surface area contributed by atoms with E-state index in [4.69, 9.17) is 14.3 Å². The van der Waals surface area contributed by atoms with Gasteiger partial charge in [0.15, 0.2) is 0 Å². The first-order valence-corrected chi connectivity index (χ1v) is 9.66. The van der Waals surface area contributed by atoms with Crippen LogP contribution in [-0.4, -0.2) is 32.7 Å². The molecule has 0 amide bonds. The van der Waals surface area contributed by atoms with Gasteiger partial charge in [-0.1, -0.05) is 0 Å².